The van der Waals surface area contributed by atoms with E-state index in [1.54, 1.807) is 11.8 Å². The Morgan fingerprint density at radius 2 is 1.96 bits per heavy atom. The number of aromatic nitrogens is 1. The summed E-state index contributed by atoms with van der Waals surface area (Å²) in [6.45, 7) is 8.97. The van der Waals surface area contributed by atoms with Gasteiger partial charge in [0.25, 0.3) is 0 Å². The molecule has 1 aliphatic carbocycles. The Hall–Kier alpha value is -1.79. The van der Waals surface area contributed by atoms with Crippen LogP contribution in [0.4, 0.5) is 0 Å². The minimum absolute atomic E-state index is 0.177. The second-order valence-electron chi connectivity index (χ2n) is 8.14. The largest absolute Gasteiger partial charge is 0.245 e. The third-order valence-electron chi connectivity index (χ3n) is 4.91. The van der Waals surface area contributed by atoms with Crippen molar-refractivity contribution in [2.45, 2.75) is 63.2 Å². The molecule has 0 radical (unpaired) electrons. The Kier molecular flexibility index (Phi) is 5.20. The summed E-state index contributed by atoms with van der Waals surface area (Å²) in [6.07, 6.45) is 3.29. The smallest absolute Gasteiger partial charge is 0.114 e. The van der Waals surface area contributed by atoms with Crippen molar-refractivity contribution in [3.63, 3.8) is 0 Å². The van der Waals surface area contributed by atoms with Crippen LogP contribution in [-0.4, -0.2) is 4.98 Å². The van der Waals surface area contributed by atoms with E-state index in [0.29, 0.717) is 5.92 Å². The standard InChI is InChI=1S/C22H26N2S/c1-15-5-10-20-17(11-15)12-18(13-23)21(24-20)25-14-16-6-8-19(9-7-16)22(2,3)4/h6-9,12,15H,5,10-11,14H2,1-4H3. The third kappa shape index (κ3) is 4.25. The summed E-state index contributed by atoms with van der Waals surface area (Å²) in [5, 5.41) is 10.4. The molecule has 0 amide bonds. The summed E-state index contributed by atoms with van der Waals surface area (Å²) in [4.78, 5) is 4.83. The molecule has 1 aromatic carbocycles. The Morgan fingerprint density at radius 1 is 1.24 bits per heavy atom. The van der Waals surface area contributed by atoms with E-state index >= 15 is 0 Å². The molecular formula is C22H26N2S. The first-order valence-electron chi connectivity index (χ1n) is 9.02. The third-order valence-corrected chi connectivity index (χ3v) is 5.98. The monoisotopic (exact) mass is 350 g/mol. The van der Waals surface area contributed by atoms with Gasteiger partial charge < -0.3 is 0 Å². The van der Waals surface area contributed by atoms with Crippen LogP contribution in [0.1, 0.15) is 62.1 Å². The molecule has 25 heavy (non-hydrogen) atoms. The van der Waals surface area contributed by atoms with Crippen LogP contribution in [0.2, 0.25) is 0 Å². The van der Waals surface area contributed by atoms with E-state index < -0.39 is 0 Å². The number of benzene rings is 1. The number of thioether (sulfide) groups is 1. The van der Waals surface area contributed by atoms with E-state index in [9.17, 15) is 5.26 Å². The van der Waals surface area contributed by atoms with Crippen molar-refractivity contribution < 1.29 is 0 Å². The second kappa shape index (κ2) is 7.22. The molecule has 3 heteroatoms. The Balaban J connectivity index is 1.76. The Labute approximate surface area is 155 Å². The fourth-order valence-corrected chi connectivity index (χ4v) is 4.20. The maximum atomic E-state index is 9.51. The quantitative estimate of drug-likeness (QED) is 0.669. The highest BCUT2D eigenvalue weighted by Crippen LogP contribution is 2.31. The highest BCUT2D eigenvalue weighted by atomic mass is 32.2. The Bertz CT molecular complexity index is 795. The lowest BCUT2D eigenvalue weighted by molar-refractivity contribution is 0.491. The first kappa shape index (κ1) is 18.0. The van der Waals surface area contributed by atoms with Gasteiger partial charge in [0, 0.05) is 11.4 Å². The predicted octanol–water partition coefficient (Wildman–Crippen LogP) is 5.67. The van der Waals surface area contributed by atoms with Crippen LogP contribution < -0.4 is 0 Å². The van der Waals surface area contributed by atoms with Gasteiger partial charge in [-0.3, -0.25) is 0 Å². The number of fused-ring (bicyclic) bond motifs is 1. The van der Waals surface area contributed by atoms with Crippen LogP contribution in [-0.2, 0) is 24.0 Å². The number of nitriles is 1. The number of hydrogen-bond donors (Lipinski definition) is 0. The number of rotatable bonds is 3. The van der Waals surface area contributed by atoms with Gasteiger partial charge in [0.2, 0.25) is 0 Å². The molecule has 2 aromatic rings. The van der Waals surface area contributed by atoms with Crippen LogP contribution >= 0.6 is 11.8 Å². The van der Waals surface area contributed by atoms with E-state index in [4.69, 9.17) is 4.98 Å². The first-order valence-corrected chi connectivity index (χ1v) is 10.0. The maximum Gasteiger partial charge on any atom is 0.114 e. The molecule has 1 heterocycles. The molecule has 1 unspecified atom stereocenters. The topological polar surface area (TPSA) is 36.7 Å². The zero-order valence-electron chi connectivity index (χ0n) is 15.6. The summed E-state index contributed by atoms with van der Waals surface area (Å²) in [5.74, 6) is 1.54. The number of pyridine rings is 1. The van der Waals surface area contributed by atoms with Gasteiger partial charge in [0.1, 0.15) is 11.1 Å². The summed E-state index contributed by atoms with van der Waals surface area (Å²) in [7, 11) is 0. The van der Waals surface area contributed by atoms with E-state index in [1.807, 2.05) is 0 Å². The average molecular weight is 351 g/mol. The fraction of sp³-hybridized carbons (Fsp3) is 0.455. The summed E-state index contributed by atoms with van der Waals surface area (Å²) < 4.78 is 0. The van der Waals surface area contributed by atoms with Gasteiger partial charge in [-0.15, -0.1) is 11.8 Å². The number of nitrogens with zero attached hydrogens (tertiary/aromatic N) is 2. The van der Waals surface area contributed by atoms with Crippen molar-refractivity contribution >= 4 is 11.8 Å². The molecule has 3 rings (SSSR count). The van der Waals surface area contributed by atoms with Gasteiger partial charge in [-0.1, -0.05) is 52.0 Å². The highest BCUT2D eigenvalue weighted by Gasteiger charge is 2.19. The normalized spacial score (nSPS) is 17.0. The van der Waals surface area contributed by atoms with Gasteiger partial charge in [-0.2, -0.15) is 5.26 Å². The van der Waals surface area contributed by atoms with Crippen molar-refractivity contribution in [1.29, 1.82) is 5.26 Å². The van der Waals surface area contributed by atoms with E-state index in [0.717, 1.165) is 29.2 Å². The van der Waals surface area contributed by atoms with Crippen LogP contribution in [0.25, 0.3) is 0 Å². The predicted molar refractivity (Wildman–Crippen MR) is 105 cm³/mol. The second-order valence-corrected chi connectivity index (χ2v) is 9.11. The molecule has 0 bridgehead atoms. The van der Waals surface area contributed by atoms with Crippen molar-refractivity contribution in [3.05, 3.63) is 58.3 Å². The van der Waals surface area contributed by atoms with Gasteiger partial charge in [0.15, 0.2) is 0 Å². The zero-order chi connectivity index (χ0) is 18.0. The molecule has 130 valence electrons. The van der Waals surface area contributed by atoms with Crippen LogP contribution in [0.3, 0.4) is 0 Å². The fourth-order valence-electron chi connectivity index (χ4n) is 3.27. The molecule has 0 aliphatic heterocycles. The molecule has 1 atom stereocenters. The van der Waals surface area contributed by atoms with Crippen molar-refractivity contribution in [3.8, 4) is 6.07 Å². The number of hydrogen-bond acceptors (Lipinski definition) is 3. The van der Waals surface area contributed by atoms with Gasteiger partial charge >= 0.3 is 0 Å². The van der Waals surface area contributed by atoms with E-state index in [-0.39, 0.29) is 5.41 Å². The average Bonchev–Trinajstić information content (AvgIpc) is 2.58. The molecule has 1 aromatic heterocycles. The number of aryl methyl sites for hydroxylation is 1. The molecule has 2 nitrogen and oxygen atoms in total. The first-order chi connectivity index (χ1) is 11.9. The van der Waals surface area contributed by atoms with Crippen LogP contribution in [0.5, 0.6) is 0 Å². The molecular weight excluding hydrogens is 324 g/mol. The summed E-state index contributed by atoms with van der Waals surface area (Å²) >= 11 is 1.68. The van der Waals surface area contributed by atoms with Gasteiger partial charge in [0.05, 0.1) is 5.56 Å². The molecule has 0 fully saturated rings. The highest BCUT2D eigenvalue weighted by molar-refractivity contribution is 7.98. The summed E-state index contributed by atoms with van der Waals surface area (Å²) in [6, 6.07) is 13.2. The van der Waals surface area contributed by atoms with Crippen molar-refractivity contribution in [1.82, 2.24) is 4.98 Å². The Morgan fingerprint density at radius 3 is 2.60 bits per heavy atom. The molecule has 0 saturated heterocycles. The minimum atomic E-state index is 0.177. The SMILES string of the molecule is CC1CCc2nc(SCc3ccc(C(C)(C)C)cc3)c(C#N)cc2C1. The minimum Gasteiger partial charge on any atom is -0.245 e. The summed E-state index contributed by atoms with van der Waals surface area (Å²) in [5.41, 5.74) is 5.99. The maximum absolute atomic E-state index is 9.51. The molecule has 1 aliphatic rings. The zero-order valence-corrected chi connectivity index (χ0v) is 16.4. The van der Waals surface area contributed by atoms with Crippen LogP contribution in [0, 0.1) is 17.2 Å². The molecule has 0 saturated carbocycles. The van der Waals surface area contributed by atoms with Crippen molar-refractivity contribution in [2.75, 3.05) is 0 Å². The van der Waals surface area contributed by atoms with Gasteiger partial charge in [-0.05, 0) is 53.4 Å². The lowest BCUT2D eigenvalue weighted by Gasteiger charge is -2.21. The van der Waals surface area contributed by atoms with Crippen LogP contribution in [0.15, 0.2) is 35.4 Å². The molecule has 0 N–H and O–H groups in total. The lowest BCUT2D eigenvalue weighted by atomic mass is 9.87. The van der Waals surface area contributed by atoms with E-state index in [1.165, 1.54) is 28.8 Å². The van der Waals surface area contributed by atoms with Gasteiger partial charge in [-0.25, -0.2) is 4.98 Å². The molecule has 0 spiro atoms. The lowest BCUT2D eigenvalue weighted by Crippen LogP contribution is -2.14. The van der Waals surface area contributed by atoms with E-state index in [2.05, 4.69) is 64.1 Å². The van der Waals surface area contributed by atoms with Crippen molar-refractivity contribution in [2.24, 2.45) is 5.92 Å².